The molecule has 1 N–H and O–H groups in total. The van der Waals surface area contributed by atoms with Crippen LogP contribution in [0.15, 0.2) is 36.5 Å². The number of hydrogen-bond acceptors (Lipinski definition) is 7. The topological polar surface area (TPSA) is 92.1 Å². The highest BCUT2D eigenvalue weighted by atomic mass is 16.2. The van der Waals surface area contributed by atoms with Gasteiger partial charge in [-0.3, -0.25) is 14.5 Å². The van der Waals surface area contributed by atoms with E-state index in [0.29, 0.717) is 38.0 Å². The molecule has 37 heavy (non-hydrogen) atoms. The molecule has 0 bridgehead atoms. The molecule has 2 aliphatic rings. The quantitative estimate of drug-likeness (QED) is 0.413. The Kier molecular flexibility index (Phi) is 5.93. The first kappa shape index (κ1) is 23.6. The van der Waals surface area contributed by atoms with Gasteiger partial charge in [-0.05, 0) is 51.3 Å². The minimum Gasteiger partial charge on any atom is -0.361 e. The second-order valence-electron chi connectivity index (χ2n) is 10.6. The molecule has 6 rings (SSSR count). The fourth-order valence-corrected chi connectivity index (χ4v) is 5.19. The van der Waals surface area contributed by atoms with Gasteiger partial charge in [-0.15, -0.1) is 0 Å². The average Bonchev–Trinajstić information content (AvgIpc) is 3.67. The Labute approximate surface area is 216 Å². The van der Waals surface area contributed by atoms with E-state index in [-0.39, 0.29) is 18.0 Å². The third-order valence-electron chi connectivity index (χ3n) is 7.50. The summed E-state index contributed by atoms with van der Waals surface area (Å²) in [6, 6.07) is 10.6. The highest BCUT2D eigenvalue weighted by Crippen LogP contribution is 2.45. The predicted octanol–water partition coefficient (Wildman–Crippen LogP) is 4.67. The first-order valence-electron chi connectivity index (χ1n) is 13.3. The van der Waals surface area contributed by atoms with Crippen molar-refractivity contribution < 1.29 is 4.79 Å². The normalized spacial score (nSPS) is 17.1. The SMILES string of the molecule is CC(=O)N1CCN(c2nc(N[C@H](C)c3cnc4ccccc4c3)c3nn(C(C)C)c(C4CC4)c3n2)CC1. The Morgan fingerprint density at radius 3 is 2.49 bits per heavy atom. The number of aromatic nitrogens is 5. The van der Waals surface area contributed by atoms with Gasteiger partial charge in [-0.1, -0.05) is 18.2 Å². The lowest BCUT2D eigenvalue weighted by atomic mass is 10.1. The van der Waals surface area contributed by atoms with Crippen LogP contribution >= 0.6 is 0 Å². The molecule has 1 aliphatic heterocycles. The summed E-state index contributed by atoms with van der Waals surface area (Å²) in [5.74, 6) is 2.06. The van der Waals surface area contributed by atoms with E-state index >= 15 is 0 Å². The number of para-hydroxylation sites is 1. The number of fused-ring (bicyclic) bond motifs is 2. The fraction of sp³-hybridized carbons (Fsp3) is 0.464. The van der Waals surface area contributed by atoms with Crippen molar-refractivity contribution in [3.05, 3.63) is 47.8 Å². The van der Waals surface area contributed by atoms with E-state index in [4.69, 9.17) is 15.1 Å². The number of pyridine rings is 1. The van der Waals surface area contributed by atoms with Crippen molar-refractivity contribution in [3.63, 3.8) is 0 Å². The van der Waals surface area contributed by atoms with Crippen LogP contribution in [0, 0.1) is 0 Å². The maximum absolute atomic E-state index is 11.9. The lowest BCUT2D eigenvalue weighted by Crippen LogP contribution is -2.48. The molecule has 1 saturated carbocycles. The molecule has 0 unspecified atom stereocenters. The minimum atomic E-state index is -0.0220. The van der Waals surface area contributed by atoms with E-state index in [9.17, 15) is 4.79 Å². The second kappa shape index (κ2) is 9.28. The van der Waals surface area contributed by atoms with Crippen LogP contribution in [0.4, 0.5) is 11.8 Å². The summed E-state index contributed by atoms with van der Waals surface area (Å²) in [5, 5.41) is 9.80. The summed E-state index contributed by atoms with van der Waals surface area (Å²) in [6.07, 6.45) is 4.28. The highest BCUT2D eigenvalue weighted by Gasteiger charge is 2.33. The second-order valence-corrected chi connectivity index (χ2v) is 10.6. The van der Waals surface area contributed by atoms with Gasteiger partial charge in [-0.25, -0.2) is 4.98 Å². The van der Waals surface area contributed by atoms with Crippen molar-refractivity contribution in [2.75, 3.05) is 36.4 Å². The van der Waals surface area contributed by atoms with Gasteiger partial charge in [-0.2, -0.15) is 10.1 Å². The van der Waals surface area contributed by atoms with E-state index in [1.54, 1.807) is 6.92 Å². The Morgan fingerprint density at radius 2 is 1.78 bits per heavy atom. The zero-order chi connectivity index (χ0) is 25.7. The molecule has 9 heteroatoms. The molecule has 1 atom stereocenters. The van der Waals surface area contributed by atoms with Gasteiger partial charge in [0.1, 0.15) is 5.52 Å². The van der Waals surface area contributed by atoms with E-state index in [1.807, 2.05) is 29.3 Å². The van der Waals surface area contributed by atoms with Crippen molar-refractivity contribution in [1.29, 1.82) is 0 Å². The van der Waals surface area contributed by atoms with E-state index in [2.05, 4.69) is 52.8 Å². The summed E-state index contributed by atoms with van der Waals surface area (Å²) in [6.45, 7) is 10.9. The number of hydrogen-bond donors (Lipinski definition) is 1. The third-order valence-corrected chi connectivity index (χ3v) is 7.50. The Balaban J connectivity index is 1.40. The molecule has 0 spiro atoms. The van der Waals surface area contributed by atoms with Crippen molar-refractivity contribution in [3.8, 4) is 0 Å². The highest BCUT2D eigenvalue weighted by molar-refractivity contribution is 5.89. The molecular formula is C28H34N8O. The maximum Gasteiger partial charge on any atom is 0.228 e. The Hall–Kier alpha value is -3.75. The van der Waals surface area contributed by atoms with Gasteiger partial charge in [0.05, 0.1) is 17.3 Å². The zero-order valence-corrected chi connectivity index (χ0v) is 22.0. The number of benzene rings is 1. The standard InChI is InChI=1S/C28H34N8O/c1-17(2)36-26(20-9-10-20)24-25(33-36)27(32-28(31-24)35-13-11-34(12-14-35)19(4)37)30-18(3)22-15-21-7-5-6-8-23(21)29-16-22/h5-8,15-18,20H,9-14H2,1-4H3,(H,30,31,32)/t18-/m1/s1. The molecule has 1 aromatic carbocycles. The van der Waals surface area contributed by atoms with E-state index in [1.165, 1.54) is 18.5 Å². The molecular weight excluding hydrogens is 464 g/mol. The number of anilines is 2. The molecule has 1 saturated heterocycles. The van der Waals surface area contributed by atoms with Crippen molar-refractivity contribution in [2.24, 2.45) is 0 Å². The first-order chi connectivity index (χ1) is 17.9. The van der Waals surface area contributed by atoms with Crippen LogP contribution in [0.2, 0.25) is 0 Å². The van der Waals surface area contributed by atoms with Crippen LogP contribution in [0.1, 0.15) is 69.8 Å². The van der Waals surface area contributed by atoms with Crippen LogP contribution in [0.5, 0.6) is 0 Å². The number of amides is 1. The predicted molar refractivity (Wildman–Crippen MR) is 146 cm³/mol. The van der Waals surface area contributed by atoms with Gasteiger partial charge in [0.25, 0.3) is 0 Å². The van der Waals surface area contributed by atoms with Crippen molar-refractivity contribution in [1.82, 2.24) is 29.6 Å². The van der Waals surface area contributed by atoms with Crippen LogP contribution in [0.3, 0.4) is 0 Å². The zero-order valence-electron chi connectivity index (χ0n) is 22.0. The number of carbonyl (C=O) groups is 1. The van der Waals surface area contributed by atoms with Gasteiger partial charge >= 0.3 is 0 Å². The first-order valence-corrected chi connectivity index (χ1v) is 13.3. The van der Waals surface area contributed by atoms with E-state index in [0.717, 1.165) is 33.3 Å². The molecule has 1 amide bonds. The monoisotopic (exact) mass is 498 g/mol. The van der Waals surface area contributed by atoms with Gasteiger partial charge < -0.3 is 15.1 Å². The summed E-state index contributed by atoms with van der Waals surface area (Å²) >= 11 is 0. The smallest absolute Gasteiger partial charge is 0.228 e. The number of piperazine rings is 1. The number of carbonyl (C=O) groups excluding carboxylic acids is 1. The Morgan fingerprint density at radius 1 is 1.03 bits per heavy atom. The lowest BCUT2D eigenvalue weighted by molar-refractivity contribution is -0.129. The summed E-state index contributed by atoms with van der Waals surface area (Å²) in [5.41, 5.74) is 5.07. The molecule has 1 aliphatic carbocycles. The molecule has 4 heterocycles. The van der Waals surface area contributed by atoms with E-state index < -0.39 is 0 Å². The molecule has 9 nitrogen and oxygen atoms in total. The summed E-state index contributed by atoms with van der Waals surface area (Å²) < 4.78 is 2.14. The minimum absolute atomic E-state index is 0.0220. The number of nitrogens with one attached hydrogen (secondary N) is 1. The van der Waals surface area contributed by atoms with Crippen LogP contribution in [0.25, 0.3) is 21.9 Å². The number of nitrogens with zero attached hydrogens (tertiary/aromatic N) is 7. The number of rotatable bonds is 6. The fourth-order valence-electron chi connectivity index (χ4n) is 5.19. The largest absolute Gasteiger partial charge is 0.361 e. The maximum atomic E-state index is 11.9. The average molecular weight is 499 g/mol. The summed E-state index contributed by atoms with van der Waals surface area (Å²) in [7, 11) is 0. The van der Waals surface area contributed by atoms with Crippen LogP contribution in [-0.2, 0) is 4.79 Å². The van der Waals surface area contributed by atoms with Crippen molar-refractivity contribution >= 4 is 39.6 Å². The molecule has 3 aromatic heterocycles. The van der Waals surface area contributed by atoms with Crippen molar-refractivity contribution in [2.45, 2.75) is 58.5 Å². The van der Waals surface area contributed by atoms with Crippen LogP contribution in [-0.4, -0.2) is 61.7 Å². The van der Waals surface area contributed by atoms with Gasteiger partial charge in [0.2, 0.25) is 11.9 Å². The molecule has 192 valence electrons. The van der Waals surface area contributed by atoms with Gasteiger partial charge in [0, 0.05) is 56.6 Å². The molecule has 4 aromatic rings. The molecule has 2 fully saturated rings. The Bertz CT molecular complexity index is 1470. The van der Waals surface area contributed by atoms with Gasteiger partial charge in [0.15, 0.2) is 11.3 Å². The van der Waals surface area contributed by atoms with Crippen LogP contribution < -0.4 is 10.2 Å². The third kappa shape index (κ3) is 4.47. The molecule has 0 radical (unpaired) electrons. The lowest BCUT2D eigenvalue weighted by Gasteiger charge is -2.34. The summed E-state index contributed by atoms with van der Waals surface area (Å²) in [4.78, 5) is 30.7.